The van der Waals surface area contributed by atoms with Gasteiger partial charge in [-0.2, -0.15) is 0 Å². The summed E-state index contributed by atoms with van der Waals surface area (Å²) in [5.74, 6) is -0.0504. The van der Waals surface area contributed by atoms with Crippen molar-refractivity contribution in [3.63, 3.8) is 0 Å². The highest BCUT2D eigenvalue weighted by Crippen LogP contribution is 2.54. The van der Waals surface area contributed by atoms with E-state index in [0.717, 1.165) is 40.9 Å². The standard InChI is InChI=1S/C26H29ClN4O2/c1-15-12-18-14-16(2)24(31-10-8-26(6-7-26)9-11-31)30-22(18)19(13-15)17(3)28-20-4-5-21(27)29-23(20)25(32)33/h4-5,12-14,17,28H,6-11H2,1-3H3,(H,32,33)/t17-/m0/s1. The summed E-state index contributed by atoms with van der Waals surface area (Å²) in [4.78, 5) is 23.3. The van der Waals surface area contributed by atoms with E-state index >= 15 is 0 Å². The van der Waals surface area contributed by atoms with Gasteiger partial charge in [0.05, 0.1) is 17.2 Å². The van der Waals surface area contributed by atoms with E-state index in [1.54, 1.807) is 12.1 Å². The van der Waals surface area contributed by atoms with Crippen molar-refractivity contribution >= 4 is 40.0 Å². The predicted octanol–water partition coefficient (Wildman–Crippen LogP) is 6.15. The first-order valence-corrected chi connectivity index (χ1v) is 12.0. The summed E-state index contributed by atoms with van der Waals surface area (Å²) in [6.45, 7) is 8.36. The molecule has 2 aromatic heterocycles. The van der Waals surface area contributed by atoms with Gasteiger partial charge < -0.3 is 15.3 Å². The van der Waals surface area contributed by atoms with Crippen LogP contribution in [0.25, 0.3) is 10.9 Å². The Morgan fingerprint density at radius 3 is 2.52 bits per heavy atom. The van der Waals surface area contributed by atoms with E-state index in [4.69, 9.17) is 16.6 Å². The minimum atomic E-state index is -1.11. The van der Waals surface area contributed by atoms with Crippen LogP contribution in [0.4, 0.5) is 11.5 Å². The number of aryl methyl sites for hydroxylation is 2. The number of carbonyl (C=O) groups is 1. The highest BCUT2D eigenvalue weighted by atomic mass is 35.5. The van der Waals surface area contributed by atoms with Crippen molar-refractivity contribution in [3.8, 4) is 0 Å². The fourth-order valence-electron chi connectivity index (χ4n) is 5.11. The molecule has 172 valence electrons. The second-order valence-electron chi connectivity index (χ2n) is 9.74. The number of hydrogen-bond acceptors (Lipinski definition) is 5. The number of aromatic nitrogens is 2. The van der Waals surface area contributed by atoms with E-state index in [-0.39, 0.29) is 16.9 Å². The molecule has 7 heteroatoms. The molecule has 0 radical (unpaired) electrons. The lowest BCUT2D eigenvalue weighted by Gasteiger charge is -2.34. The Morgan fingerprint density at radius 1 is 1.12 bits per heavy atom. The number of pyridine rings is 2. The molecule has 1 saturated carbocycles. The molecule has 1 spiro atoms. The quantitative estimate of drug-likeness (QED) is 0.441. The van der Waals surface area contributed by atoms with Gasteiger partial charge in [0.25, 0.3) is 0 Å². The van der Waals surface area contributed by atoms with Gasteiger partial charge in [0.1, 0.15) is 11.0 Å². The smallest absolute Gasteiger partial charge is 0.356 e. The summed E-state index contributed by atoms with van der Waals surface area (Å²) in [5.41, 5.74) is 5.30. The van der Waals surface area contributed by atoms with Crippen LogP contribution in [0.1, 0.15) is 65.8 Å². The van der Waals surface area contributed by atoms with Crippen LogP contribution >= 0.6 is 11.6 Å². The number of fused-ring (bicyclic) bond motifs is 1. The molecule has 3 heterocycles. The topological polar surface area (TPSA) is 78.3 Å². The molecule has 1 atom stereocenters. The highest BCUT2D eigenvalue weighted by molar-refractivity contribution is 6.29. The average molecular weight is 465 g/mol. The number of hydrogen-bond donors (Lipinski definition) is 2. The van der Waals surface area contributed by atoms with Crippen LogP contribution in [-0.4, -0.2) is 34.1 Å². The third-order valence-corrected chi connectivity index (χ3v) is 7.45. The highest BCUT2D eigenvalue weighted by Gasteiger charge is 2.44. The van der Waals surface area contributed by atoms with Gasteiger partial charge in [-0.15, -0.1) is 0 Å². The first-order chi connectivity index (χ1) is 15.7. The van der Waals surface area contributed by atoms with E-state index in [1.807, 2.05) is 6.92 Å². The molecular formula is C26H29ClN4O2. The third kappa shape index (κ3) is 4.24. The number of carboxylic acids is 1. The number of aromatic carboxylic acids is 1. The maximum Gasteiger partial charge on any atom is 0.356 e. The van der Waals surface area contributed by atoms with Crippen LogP contribution < -0.4 is 10.2 Å². The summed E-state index contributed by atoms with van der Waals surface area (Å²) >= 11 is 5.92. The zero-order valence-corrected chi connectivity index (χ0v) is 20.0. The zero-order valence-electron chi connectivity index (χ0n) is 19.3. The van der Waals surface area contributed by atoms with Gasteiger partial charge >= 0.3 is 5.97 Å². The van der Waals surface area contributed by atoms with Gasteiger partial charge in [0.15, 0.2) is 5.69 Å². The van der Waals surface area contributed by atoms with Crippen molar-refractivity contribution in [2.45, 2.75) is 52.5 Å². The van der Waals surface area contributed by atoms with Gasteiger partial charge in [0.2, 0.25) is 0 Å². The number of halogens is 1. The van der Waals surface area contributed by atoms with Gasteiger partial charge in [-0.05, 0) is 81.7 Å². The Kier molecular flexibility index (Phi) is 5.44. The molecule has 1 aliphatic heterocycles. The fourth-order valence-corrected chi connectivity index (χ4v) is 5.26. The van der Waals surface area contributed by atoms with E-state index in [1.165, 1.54) is 31.2 Å². The largest absolute Gasteiger partial charge is 0.476 e. The van der Waals surface area contributed by atoms with Crippen molar-refractivity contribution in [1.29, 1.82) is 0 Å². The second kappa shape index (κ2) is 8.17. The van der Waals surface area contributed by atoms with Crippen LogP contribution in [0.15, 0.2) is 30.3 Å². The summed E-state index contributed by atoms with van der Waals surface area (Å²) in [7, 11) is 0. The lowest BCUT2D eigenvalue weighted by molar-refractivity contribution is 0.0691. The lowest BCUT2D eigenvalue weighted by atomic mass is 9.93. The van der Waals surface area contributed by atoms with Gasteiger partial charge in [0, 0.05) is 24.0 Å². The first kappa shape index (κ1) is 22.0. The van der Waals surface area contributed by atoms with Crippen molar-refractivity contribution in [2.75, 3.05) is 23.3 Å². The van der Waals surface area contributed by atoms with Gasteiger partial charge in [-0.25, -0.2) is 14.8 Å². The minimum absolute atomic E-state index is 0.0851. The van der Waals surface area contributed by atoms with E-state index in [9.17, 15) is 9.90 Å². The van der Waals surface area contributed by atoms with E-state index in [2.05, 4.69) is 47.2 Å². The molecule has 2 N–H and O–H groups in total. The molecule has 1 saturated heterocycles. The fraction of sp³-hybridized carbons (Fsp3) is 0.423. The predicted molar refractivity (Wildman–Crippen MR) is 133 cm³/mol. The Morgan fingerprint density at radius 2 is 1.85 bits per heavy atom. The van der Waals surface area contributed by atoms with Crippen LogP contribution in [0.3, 0.4) is 0 Å². The summed E-state index contributed by atoms with van der Waals surface area (Å²) in [6, 6.07) is 9.61. The average Bonchev–Trinajstić information content (AvgIpc) is 3.53. The molecule has 6 nitrogen and oxygen atoms in total. The third-order valence-electron chi connectivity index (χ3n) is 7.24. The maximum absolute atomic E-state index is 11.7. The Hall–Kier alpha value is -2.86. The molecule has 1 aliphatic carbocycles. The molecule has 3 aromatic rings. The molecule has 5 rings (SSSR count). The van der Waals surface area contributed by atoms with Gasteiger partial charge in [-0.3, -0.25) is 0 Å². The molecule has 33 heavy (non-hydrogen) atoms. The van der Waals surface area contributed by atoms with Crippen molar-refractivity contribution in [1.82, 2.24) is 9.97 Å². The molecule has 1 aromatic carbocycles. The number of piperidine rings is 1. The number of anilines is 2. The van der Waals surface area contributed by atoms with Crippen molar-refractivity contribution < 1.29 is 9.90 Å². The molecular weight excluding hydrogens is 436 g/mol. The zero-order chi connectivity index (χ0) is 23.3. The minimum Gasteiger partial charge on any atom is -0.476 e. The van der Waals surface area contributed by atoms with E-state index < -0.39 is 5.97 Å². The number of benzene rings is 1. The van der Waals surface area contributed by atoms with Crippen LogP contribution in [-0.2, 0) is 0 Å². The summed E-state index contributed by atoms with van der Waals surface area (Å²) in [6.07, 6.45) is 5.28. The monoisotopic (exact) mass is 464 g/mol. The Bertz CT molecular complexity index is 1240. The van der Waals surface area contributed by atoms with Crippen molar-refractivity contribution in [3.05, 3.63) is 57.9 Å². The van der Waals surface area contributed by atoms with Gasteiger partial charge in [-0.1, -0.05) is 23.2 Å². The van der Waals surface area contributed by atoms with Crippen LogP contribution in [0, 0.1) is 19.3 Å². The maximum atomic E-state index is 11.7. The van der Waals surface area contributed by atoms with Crippen molar-refractivity contribution in [2.24, 2.45) is 5.41 Å². The summed E-state index contributed by atoms with van der Waals surface area (Å²) < 4.78 is 0. The molecule has 0 unspecified atom stereocenters. The second-order valence-corrected chi connectivity index (χ2v) is 10.1. The van der Waals surface area contributed by atoms with Crippen LogP contribution in [0.5, 0.6) is 0 Å². The number of rotatable bonds is 5. The van der Waals surface area contributed by atoms with Crippen LogP contribution in [0.2, 0.25) is 5.15 Å². The normalized spacial score (nSPS) is 17.9. The first-order valence-electron chi connectivity index (χ1n) is 11.6. The molecule has 2 fully saturated rings. The summed E-state index contributed by atoms with van der Waals surface area (Å²) in [5, 5.41) is 14.2. The number of nitrogens with zero attached hydrogens (tertiary/aromatic N) is 3. The SMILES string of the molecule is Cc1cc([C@H](C)Nc2ccc(Cl)nc2C(=O)O)c2nc(N3CCC4(CC3)CC4)c(C)cc2c1. The number of nitrogens with one attached hydrogen (secondary N) is 1. The Balaban J connectivity index is 1.51. The number of carboxylic acid groups (broad SMARTS) is 1. The molecule has 0 amide bonds. The molecule has 2 aliphatic rings. The Labute approximate surface area is 199 Å². The lowest BCUT2D eigenvalue weighted by Crippen LogP contribution is -2.35. The molecule has 0 bridgehead atoms. The van der Waals surface area contributed by atoms with E-state index in [0.29, 0.717) is 11.1 Å².